The molecule has 0 unspecified atom stereocenters. The van der Waals surface area contributed by atoms with Crippen molar-refractivity contribution in [1.29, 1.82) is 0 Å². The van der Waals surface area contributed by atoms with Gasteiger partial charge in [0.05, 0.1) is 19.2 Å². The number of carbonyl (C=O) groups excluding carboxylic acids is 1. The van der Waals surface area contributed by atoms with Crippen LogP contribution in [0.1, 0.15) is 21.5 Å². The van der Waals surface area contributed by atoms with E-state index in [4.69, 9.17) is 9.47 Å². The summed E-state index contributed by atoms with van der Waals surface area (Å²) in [6.07, 6.45) is 3.00. The smallest absolute Gasteiger partial charge is 0.254 e. The van der Waals surface area contributed by atoms with Gasteiger partial charge in [-0.3, -0.25) is 4.79 Å². The molecular weight excluding hydrogens is 368 g/mol. The summed E-state index contributed by atoms with van der Waals surface area (Å²) in [5, 5.41) is 5.96. The number of anilines is 2. The van der Waals surface area contributed by atoms with E-state index in [1.165, 1.54) is 12.4 Å². The number of benzene rings is 2. The molecule has 3 rings (SSSR count). The first kappa shape index (κ1) is 20.1. The van der Waals surface area contributed by atoms with Crippen LogP contribution in [0.4, 0.5) is 11.6 Å². The summed E-state index contributed by atoms with van der Waals surface area (Å²) in [4.78, 5) is 20.7. The Morgan fingerprint density at radius 1 is 1.00 bits per heavy atom. The Labute approximate surface area is 170 Å². The van der Waals surface area contributed by atoms with E-state index in [2.05, 4.69) is 20.6 Å². The van der Waals surface area contributed by atoms with Crippen LogP contribution in [0.5, 0.6) is 11.5 Å². The molecule has 7 nitrogen and oxygen atoms in total. The van der Waals surface area contributed by atoms with E-state index in [0.717, 1.165) is 22.6 Å². The second kappa shape index (κ2) is 9.54. The van der Waals surface area contributed by atoms with Crippen LogP contribution in [-0.4, -0.2) is 36.1 Å². The van der Waals surface area contributed by atoms with Crippen LogP contribution in [0, 0.1) is 13.8 Å². The number of nitrogens with zero attached hydrogens (tertiary/aromatic N) is 2. The standard InChI is InChI=1S/C22H24N4O3/c1-15-4-5-16(2)20(12-15)26-22-24-13-17(14-25-22)21(27)23-10-11-29-19-8-6-18(28-3)7-9-19/h4-9,12-14H,10-11H2,1-3H3,(H,23,27)(H,24,25,26). The van der Waals surface area contributed by atoms with Crippen molar-refractivity contribution in [1.82, 2.24) is 15.3 Å². The summed E-state index contributed by atoms with van der Waals surface area (Å²) < 4.78 is 10.7. The lowest BCUT2D eigenvalue weighted by molar-refractivity contribution is 0.0946. The number of ether oxygens (including phenoxy) is 2. The normalized spacial score (nSPS) is 10.3. The van der Waals surface area contributed by atoms with E-state index in [1.54, 1.807) is 7.11 Å². The van der Waals surface area contributed by atoms with Crippen molar-refractivity contribution >= 4 is 17.5 Å². The number of rotatable bonds is 8. The zero-order valence-corrected chi connectivity index (χ0v) is 16.7. The Hall–Kier alpha value is -3.61. The third kappa shape index (κ3) is 5.68. The molecule has 0 bridgehead atoms. The quantitative estimate of drug-likeness (QED) is 0.569. The molecule has 1 heterocycles. The second-order valence-corrected chi connectivity index (χ2v) is 6.52. The van der Waals surface area contributed by atoms with Gasteiger partial charge in [0.25, 0.3) is 5.91 Å². The van der Waals surface area contributed by atoms with Gasteiger partial charge in [-0.25, -0.2) is 9.97 Å². The lowest BCUT2D eigenvalue weighted by Gasteiger charge is -2.10. The van der Waals surface area contributed by atoms with E-state index < -0.39 is 0 Å². The fourth-order valence-electron chi connectivity index (χ4n) is 2.61. The van der Waals surface area contributed by atoms with Gasteiger partial charge in [-0.2, -0.15) is 0 Å². The van der Waals surface area contributed by atoms with Crippen LogP contribution in [0.3, 0.4) is 0 Å². The molecule has 0 saturated heterocycles. The molecule has 2 aromatic carbocycles. The number of hydrogen-bond acceptors (Lipinski definition) is 6. The Kier molecular flexibility index (Phi) is 6.63. The minimum absolute atomic E-state index is 0.249. The topological polar surface area (TPSA) is 85.4 Å². The van der Waals surface area contributed by atoms with Crippen molar-refractivity contribution in [2.24, 2.45) is 0 Å². The fraction of sp³-hybridized carbons (Fsp3) is 0.227. The van der Waals surface area contributed by atoms with Gasteiger partial charge in [-0.15, -0.1) is 0 Å². The summed E-state index contributed by atoms with van der Waals surface area (Å²) in [6, 6.07) is 13.4. The lowest BCUT2D eigenvalue weighted by Crippen LogP contribution is -2.28. The molecule has 0 radical (unpaired) electrons. The molecule has 0 spiro atoms. The van der Waals surface area contributed by atoms with E-state index in [1.807, 2.05) is 56.3 Å². The van der Waals surface area contributed by atoms with E-state index in [9.17, 15) is 4.79 Å². The van der Waals surface area contributed by atoms with Gasteiger partial charge in [0, 0.05) is 18.1 Å². The molecule has 3 aromatic rings. The Morgan fingerprint density at radius 3 is 2.38 bits per heavy atom. The molecule has 1 amide bonds. The summed E-state index contributed by atoms with van der Waals surface area (Å²) in [7, 11) is 1.61. The maximum Gasteiger partial charge on any atom is 0.254 e. The Bertz CT molecular complexity index is 957. The SMILES string of the molecule is COc1ccc(OCCNC(=O)c2cnc(Nc3cc(C)ccc3C)nc2)cc1. The van der Waals surface area contributed by atoms with Crippen molar-refractivity contribution in [3.63, 3.8) is 0 Å². The van der Waals surface area contributed by atoms with Crippen LogP contribution in [0.15, 0.2) is 54.9 Å². The minimum atomic E-state index is -0.249. The highest BCUT2D eigenvalue weighted by atomic mass is 16.5. The van der Waals surface area contributed by atoms with Crippen molar-refractivity contribution in [2.75, 3.05) is 25.6 Å². The average Bonchev–Trinajstić information content (AvgIpc) is 2.74. The molecule has 29 heavy (non-hydrogen) atoms. The molecule has 2 N–H and O–H groups in total. The first-order valence-electron chi connectivity index (χ1n) is 9.26. The lowest BCUT2D eigenvalue weighted by atomic mass is 10.1. The van der Waals surface area contributed by atoms with Crippen LogP contribution in [0.2, 0.25) is 0 Å². The highest BCUT2D eigenvalue weighted by Crippen LogP contribution is 2.19. The van der Waals surface area contributed by atoms with E-state index in [-0.39, 0.29) is 5.91 Å². The van der Waals surface area contributed by atoms with Crippen molar-refractivity contribution in [2.45, 2.75) is 13.8 Å². The first-order valence-corrected chi connectivity index (χ1v) is 9.26. The van der Waals surface area contributed by atoms with Gasteiger partial charge in [-0.1, -0.05) is 12.1 Å². The number of aryl methyl sites for hydroxylation is 2. The number of methoxy groups -OCH3 is 1. The highest BCUT2D eigenvalue weighted by molar-refractivity contribution is 5.93. The van der Waals surface area contributed by atoms with Gasteiger partial charge in [0.1, 0.15) is 18.1 Å². The highest BCUT2D eigenvalue weighted by Gasteiger charge is 2.08. The molecule has 0 aliphatic heterocycles. The van der Waals surface area contributed by atoms with Crippen molar-refractivity contribution in [3.05, 3.63) is 71.5 Å². The maximum absolute atomic E-state index is 12.2. The summed E-state index contributed by atoms with van der Waals surface area (Å²) >= 11 is 0. The van der Waals surface area contributed by atoms with E-state index in [0.29, 0.717) is 30.4 Å². The van der Waals surface area contributed by atoms with Crippen LogP contribution >= 0.6 is 0 Å². The van der Waals surface area contributed by atoms with Gasteiger partial charge in [0.15, 0.2) is 0 Å². The molecule has 0 atom stereocenters. The van der Waals surface area contributed by atoms with Gasteiger partial charge in [0.2, 0.25) is 5.95 Å². The van der Waals surface area contributed by atoms with Crippen LogP contribution < -0.4 is 20.1 Å². The zero-order valence-electron chi connectivity index (χ0n) is 16.7. The third-order valence-corrected chi connectivity index (χ3v) is 4.27. The van der Waals surface area contributed by atoms with Crippen molar-refractivity contribution < 1.29 is 14.3 Å². The van der Waals surface area contributed by atoms with Gasteiger partial charge >= 0.3 is 0 Å². The number of aromatic nitrogens is 2. The van der Waals surface area contributed by atoms with Crippen LogP contribution in [0.25, 0.3) is 0 Å². The summed E-state index contributed by atoms with van der Waals surface area (Å²) in [6.45, 7) is 4.76. The molecule has 1 aromatic heterocycles. The Morgan fingerprint density at radius 2 is 1.69 bits per heavy atom. The molecule has 150 valence electrons. The molecule has 0 fully saturated rings. The fourth-order valence-corrected chi connectivity index (χ4v) is 2.61. The molecule has 0 aliphatic carbocycles. The zero-order chi connectivity index (χ0) is 20.6. The second-order valence-electron chi connectivity index (χ2n) is 6.52. The number of nitrogens with one attached hydrogen (secondary N) is 2. The maximum atomic E-state index is 12.2. The number of carbonyl (C=O) groups is 1. The van der Waals surface area contributed by atoms with Gasteiger partial charge in [-0.05, 0) is 55.3 Å². The van der Waals surface area contributed by atoms with Gasteiger partial charge < -0.3 is 20.1 Å². The van der Waals surface area contributed by atoms with Crippen molar-refractivity contribution in [3.8, 4) is 11.5 Å². The average molecular weight is 392 g/mol. The largest absolute Gasteiger partial charge is 0.497 e. The summed E-state index contributed by atoms with van der Waals surface area (Å²) in [5.74, 6) is 1.67. The molecule has 0 aliphatic rings. The number of amides is 1. The van der Waals surface area contributed by atoms with Crippen LogP contribution in [-0.2, 0) is 0 Å². The predicted octanol–water partition coefficient (Wildman–Crippen LogP) is 3.65. The minimum Gasteiger partial charge on any atom is -0.497 e. The Balaban J connectivity index is 1.47. The van der Waals surface area contributed by atoms with E-state index >= 15 is 0 Å². The predicted molar refractivity (Wildman–Crippen MR) is 112 cm³/mol. The molecule has 0 saturated carbocycles. The molecule has 7 heteroatoms. The summed E-state index contributed by atoms with van der Waals surface area (Å²) in [5.41, 5.74) is 3.57. The molecular formula is C22H24N4O3. The number of hydrogen-bond donors (Lipinski definition) is 2. The first-order chi connectivity index (χ1) is 14.0. The third-order valence-electron chi connectivity index (χ3n) is 4.27. The monoisotopic (exact) mass is 392 g/mol.